The van der Waals surface area contributed by atoms with Gasteiger partial charge in [-0.25, -0.2) is 0 Å². The zero-order valence-electron chi connectivity index (χ0n) is 10.9. The molecule has 1 heterocycles. The van der Waals surface area contributed by atoms with Gasteiger partial charge in [-0.05, 0) is 12.0 Å². The molecule has 100 valence electrons. The minimum absolute atomic E-state index is 0.0929. The van der Waals surface area contributed by atoms with Crippen molar-refractivity contribution in [2.75, 3.05) is 0 Å². The smallest absolute Gasteiger partial charge is 0.276 e. The van der Waals surface area contributed by atoms with Crippen LogP contribution >= 0.6 is 0 Å². The minimum atomic E-state index is -0.379. The monoisotopic (exact) mass is 261 g/mol. The number of nitrogens with zero attached hydrogens (tertiary/aromatic N) is 3. The van der Waals surface area contributed by atoms with Gasteiger partial charge in [-0.15, -0.1) is 5.10 Å². The fourth-order valence-electron chi connectivity index (χ4n) is 1.91. The van der Waals surface area contributed by atoms with E-state index in [1.54, 1.807) is 30.1 Å². The number of benzene rings is 1. The highest BCUT2D eigenvalue weighted by Gasteiger charge is 2.17. The predicted molar refractivity (Wildman–Crippen MR) is 70.0 cm³/mol. The molecule has 6 heteroatoms. The Morgan fingerprint density at radius 2 is 2.21 bits per heavy atom. The first kappa shape index (κ1) is 13.1. The highest BCUT2D eigenvalue weighted by Crippen LogP contribution is 2.24. The molecule has 19 heavy (non-hydrogen) atoms. The van der Waals surface area contributed by atoms with Gasteiger partial charge in [-0.3, -0.25) is 14.8 Å². The topological polar surface area (TPSA) is 70.2 Å². The van der Waals surface area contributed by atoms with Crippen LogP contribution in [0.25, 0.3) is 0 Å². The molecule has 2 aromatic rings. The average Bonchev–Trinajstić information content (AvgIpc) is 2.81. The van der Waals surface area contributed by atoms with Gasteiger partial charge in [-0.1, -0.05) is 19.1 Å². The van der Waals surface area contributed by atoms with Gasteiger partial charge in [0.15, 0.2) is 0 Å². The number of aromatic nitrogens is 2. The van der Waals surface area contributed by atoms with E-state index in [4.69, 9.17) is 4.74 Å². The molecule has 6 nitrogen and oxygen atoms in total. The molecule has 0 radical (unpaired) electrons. The summed E-state index contributed by atoms with van der Waals surface area (Å²) in [6.45, 7) is 2.11. The number of nitro groups is 1. The lowest BCUT2D eigenvalue weighted by molar-refractivity contribution is -0.385. The Balaban J connectivity index is 2.25. The Kier molecular flexibility index (Phi) is 3.79. The molecule has 0 saturated heterocycles. The molecule has 1 aromatic carbocycles. The van der Waals surface area contributed by atoms with Gasteiger partial charge in [0.25, 0.3) is 5.69 Å². The second kappa shape index (κ2) is 5.51. The summed E-state index contributed by atoms with van der Waals surface area (Å²) in [5, 5.41) is 15.1. The van der Waals surface area contributed by atoms with Crippen molar-refractivity contribution >= 4 is 5.69 Å². The van der Waals surface area contributed by atoms with E-state index >= 15 is 0 Å². The molecule has 0 saturated carbocycles. The van der Waals surface area contributed by atoms with Gasteiger partial charge in [-0.2, -0.15) is 0 Å². The standard InChI is InChI=1S/C13H15N3O3/c1-3-10-5-4-6-12(16(17)18)11(10)9-19-13-7-8-15(2)14-13/h4-8H,3,9H2,1-2H3. The predicted octanol–water partition coefficient (Wildman–Crippen LogP) is 2.47. The van der Waals surface area contributed by atoms with E-state index in [0.29, 0.717) is 11.4 Å². The van der Waals surface area contributed by atoms with Crippen LogP contribution in [0.5, 0.6) is 5.88 Å². The molecule has 0 bridgehead atoms. The number of nitro benzene ring substituents is 1. The lowest BCUT2D eigenvalue weighted by Gasteiger charge is -2.08. The number of rotatable bonds is 5. The fourth-order valence-corrected chi connectivity index (χ4v) is 1.91. The summed E-state index contributed by atoms with van der Waals surface area (Å²) < 4.78 is 7.13. The summed E-state index contributed by atoms with van der Waals surface area (Å²) >= 11 is 0. The number of aryl methyl sites for hydroxylation is 2. The van der Waals surface area contributed by atoms with E-state index in [0.717, 1.165) is 12.0 Å². The third kappa shape index (κ3) is 2.90. The molecule has 0 aliphatic rings. The summed E-state index contributed by atoms with van der Waals surface area (Å²) in [5.41, 5.74) is 1.63. The molecule has 0 aliphatic carbocycles. The maximum atomic E-state index is 11.0. The number of ether oxygens (including phenoxy) is 1. The van der Waals surface area contributed by atoms with Gasteiger partial charge < -0.3 is 4.74 Å². The molecule has 2 rings (SSSR count). The highest BCUT2D eigenvalue weighted by atomic mass is 16.6. The largest absolute Gasteiger partial charge is 0.471 e. The van der Waals surface area contributed by atoms with Crippen molar-refractivity contribution in [2.24, 2.45) is 7.05 Å². The Hall–Kier alpha value is -2.37. The van der Waals surface area contributed by atoms with E-state index in [-0.39, 0.29) is 17.2 Å². The van der Waals surface area contributed by atoms with E-state index in [2.05, 4.69) is 5.10 Å². The molecular weight excluding hydrogens is 246 g/mol. The zero-order valence-corrected chi connectivity index (χ0v) is 10.9. The molecule has 0 atom stereocenters. The number of hydrogen-bond acceptors (Lipinski definition) is 4. The number of hydrogen-bond donors (Lipinski definition) is 0. The highest BCUT2D eigenvalue weighted by molar-refractivity contribution is 5.45. The van der Waals surface area contributed by atoms with Crippen LogP contribution in [0.4, 0.5) is 5.69 Å². The van der Waals surface area contributed by atoms with Gasteiger partial charge in [0.1, 0.15) is 6.61 Å². The Morgan fingerprint density at radius 1 is 1.42 bits per heavy atom. The van der Waals surface area contributed by atoms with Crippen LogP contribution in [-0.4, -0.2) is 14.7 Å². The average molecular weight is 261 g/mol. The van der Waals surface area contributed by atoms with Crippen molar-refractivity contribution in [2.45, 2.75) is 20.0 Å². The van der Waals surface area contributed by atoms with E-state index in [1.807, 2.05) is 13.0 Å². The molecule has 0 spiro atoms. The van der Waals surface area contributed by atoms with Crippen molar-refractivity contribution in [1.82, 2.24) is 9.78 Å². The van der Waals surface area contributed by atoms with Crippen LogP contribution in [0.1, 0.15) is 18.1 Å². The van der Waals surface area contributed by atoms with Crippen LogP contribution in [0.2, 0.25) is 0 Å². The van der Waals surface area contributed by atoms with Crippen molar-refractivity contribution in [3.05, 3.63) is 51.7 Å². The molecular formula is C13H15N3O3. The maximum absolute atomic E-state index is 11.0. The first-order valence-electron chi connectivity index (χ1n) is 5.99. The summed E-state index contributed by atoms with van der Waals surface area (Å²) in [7, 11) is 1.79. The lowest BCUT2D eigenvalue weighted by Crippen LogP contribution is -2.05. The molecule has 0 unspecified atom stereocenters. The quantitative estimate of drug-likeness (QED) is 0.612. The van der Waals surface area contributed by atoms with E-state index < -0.39 is 0 Å². The molecule has 0 aliphatic heterocycles. The van der Waals surface area contributed by atoms with Gasteiger partial charge in [0.05, 0.1) is 10.5 Å². The Bertz CT molecular complexity index is 593. The van der Waals surface area contributed by atoms with Crippen molar-refractivity contribution in [3.63, 3.8) is 0 Å². The maximum Gasteiger partial charge on any atom is 0.276 e. The second-order valence-corrected chi connectivity index (χ2v) is 4.14. The first-order valence-corrected chi connectivity index (χ1v) is 5.99. The minimum Gasteiger partial charge on any atom is -0.471 e. The van der Waals surface area contributed by atoms with E-state index in [9.17, 15) is 10.1 Å². The zero-order chi connectivity index (χ0) is 13.8. The molecule has 1 aromatic heterocycles. The fraction of sp³-hybridized carbons (Fsp3) is 0.308. The Morgan fingerprint density at radius 3 is 2.79 bits per heavy atom. The SMILES string of the molecule is CCc1cccc([N+](=O)[O-])c1COc1ccn(C)n1. The van der Waals surface area contributed by atoms with Crippen molar-refractivity contribution in [3.8, 4) is 5.88 Å². The summed E-state index contributed by atoms with van der Waals surface area (Å²) in [4.78, 5) is 10.7. The normalized spacial score (nSPS) is 10.4. The summed E-state index contributed by atoms with van der Waals surface area (Å²) in [5.74, 6) is 0.461. The third-order valence-electron chi connectivity index (χ3n) is 2.88. The van der Waals surface area contributed by atoms with Gasteiger partial charge >= 0.3 is 0 Å². The van der Waals surface area contributed by atoms with Gasteiger partial charge in [0.2, 0.25) is 5.88 Å². The van der Waals surface area contributed by atoms with E-state index in [1.165, 1.54) is 6.07 Å². The second-order valence-electron chi connectivity index (χ2n) is 4.14. The van der Waals surface area contributed by atoms with Gasteiger partial charge in [0, 0.05) is 25.4 Å². The first-order chi connectivity index (χ1) is 9.11. The van der Waals surface area contributed by atoms with Crippen LogP contribution in [0, 0.1) is 10.1 Å². The van der Waals surface area contributed by atoms with Crippen LogP contribution in [-0.2, 0) is 20.1 Å². The Labute approximate surface area is 110 Å². The molecule has 0 amide bonds. The summed E-state index contributed by atoms with van der Waals surface area (Å²) in [6.07, 6.45) is 2.48. The third-order valence-corrected chi connectivity index (χ3v) is 2.88. The molecule has 0 N–H and O–H groups in total. The van der Waals surface area contributed by atoms with Crippen molar-refractivity contribution < 1.29 is 9.66 Å². The lowest BCUT2D eigenvalue weighted by atomic mass is 10.0. The molecule has 0 fully saturated rings. The van der Waals surface area contributed by atoms with Crippen LogP contribution in [0.15, 0.2) is 30.5 Å². The summed E-state index contributed by atoms with van der Waals surface area (Å²) in [6, 6.07) is 6.79. The van der Waals surface area contributed by atoms with Crippen LogP contribution < -0.4 is 4.74 Å². The van der Waals surface area contributed by atoms with Crippen LogP contribution in [0.3, 0.4) is 0 Å². The van der Waals surface area contributed by atoms with Crippen molar-refractivity contribution in [1.29, 1.82) is 0 Å².